The first-order valence-corrected chi connectivity index (χ1v) is 11.4. The van der Waals surface area contributed by atoms with Gasteiger partial charge in [0, 0.05) is 18.9 Å². The summed E-state index contributed by atoms with van der Waals surface area (Å²) in [6, 6.07) is 0.148. The quantitative estimate of drug-likeness (QED) is 0.577. The fraction of sp³-hybridized carbons (Fsp3) is 0.625. The van der Waals surface area contributed by atoms with E-state index in [4.69, 9.17) is 4.74 Å². The van der Waals surface area contributed by atoms with Crippen LogP contribution in [0, 0.1) is 11.3 Å². The van der Waals surface area contributed by atoms with E-state index in [9.17, 15) is 19.2 Å². The summed E-state index contributed by atoms with van der Waals surface area (Å²) in [4.78, 5) is 54.6. The van der Waals surface area contributed by atoms with Crippen LogP contribution in [0.2, 0.25) is 0 Å². The molecule has 33 heavy (non-hydrogen) atoms. The van der Waals surface area contributed by atoms with Crippen molar-refractivity contribution in [2.45, 2.75) is 72.4 Å². The second-order valence-electron chi connectivity index (χ2n) is 10.0. The van der Waals surface area contributed by atoms with Crippen LogP contribution >= 0.6 is 0 Å². The van der Waals surface area contributed by atoms with Crippen LogP contribution in [0.3, 0.4) is 0 Å². The molecule has 3 amide bonds. The number of ether oxygens (including phenoxy) is 1. The number of carbonyl (C=O) groups is 4. The molecule has 2 unspecified atom stereocenters. The predicted octanol–water partition coefficient (Wildman–Crippen LogP) is 1.93. The average molecular weight is 461 g/mol. The molecule has 2 heterocycles. The number of nitrogens with zero attached hydrogens (tertiary/aromatic N) is 1. The first-order chi connectivity index (χ1) is 15.5. The number of hydrogen-bond acceptors (Lipinski definition) is 6. The number of carbonyl (C=O) groups excluding carboxylic acids is 4. The molecule has 1 aliphatic rings. The van der Waals surface area contributed by atoms with Crippen LogP contribution in [0.4, 0.5) is 4.79 Å². The molecule has 2 bridgehead atoms. The topological polar surface area (TPSA) is 126 Å². The van der Waals surface area contributed by atoms with Crippen molar-refractivity contribution in [2.24, 2.45) is 11.3 Å². The van der Waals surface area contributed by atoms with Gasteiger partial charge in [0.15, 0.2) is 0 Å². The first kappa shape index (κ1) is 26.3. The molecule has 1 aromatic rings. The van der Waals surface area contributed by atoms with E-state index >= 15 is 0 Å². The Morgan fingerprint density at radius 1 is 1.18 bits per heavy atom. The number of Topliss-reactive ketones (excluding diaryl/α,β-unsaturated/α-hetero) is 1. The number of hydrogen-bond donors (Lipinski definition) is 3. The Hall–Kier alpha value is -2.97. The van der Waals surface area contributed by atoms with Gasteiger partial charge < -0.3 is 20.7 Å². The Morgan fingerprint density at radius 3 is 2.48 bits per heavy atom. The van der Waals surface area contributed by atoms with Crippen molar-refractivity contribution in [1.29, 1.82) is 0 Å². The lowest BCUT2D eigenvalue weighted by atomic mass is 9.98. The summed E-state index contributed by atoms with van der Waals surface area (Å²) in [7, 11) is 0. The van der Waals surface area contributed by atoms with Crippen LogP contribution in [0.1, 0.15) is 58.6 Å². The number of nitrogens with one attached hydrogen (secondary N) is 3. The number of aryl methyl sites for hydroxylation is 1. The molecule has 1 aromatic heterocycles. The Balaban J connectivity index is 2.08. The van der Waals surface area contributed by atoms with Crippen LogP contribution < -0.4 is 16.0 Å². The smallest absolute Gasteiger partial charge is 0.407 e. The largest absolute Gasteiger partial charge is 0.449 e. The van der Waals surface area contributed by atoms with Crippen LogP contribution in [0.25, 0.3) is 0 Å². The number of alkyl carbamates (subject to hydrolysis) is 1. The minimum Gasteiger partial charge on any atom is -0.449 e. The number of pyridine rings is 1. The Labute approximate surface area is 195 Å². The normalized spacial score (nSPS) is 18.4. The van der Waals surface area contributed by atoms with Crippen molar-refractivity contribution < 1.29 is 23.9 Å². The second-order valence-corrected chi connectivity index (χ2v) is 10.0. The molecule has 0 radical (unpaired) electrons. The number of amides is 3. The Morgan fingerprint density at radius 2 is 1.85 bits per heavy atom. The van der Waals surface area contributed by atoms with Gasteiger partial charge in [-0.25, -0.2) is 4.79 Å². The van der Waals surface area contributed by atoms with Crippen LogP contribution in [-0.2, 0) is 32.0 Å². The first-order valence-electron chi connectivity index (χ1n) is 11.4. The highest BCUT2D eigenvalue weighted by molar-refractivity contribution is 6.38. The lowest BCUT2D eigenvalue weighted by Gasteiger charge is -2.25. The van der Waals surface area contributed by atoms with E-state index in [2.05, 4.69) is 20.9 Å². The van der Waals surface area contributed by atoms with Crippen molar-refractivity contribution >= 4 is 23.7 Å². The third kappa shape index (κ3) is 8.82. The van der Waals surface area contributed by atoms with E-state index in [-0.39, 0.29) is 17.9 Å². The predicted molar refractivity (Wildman–Crippen MR) is 123 cm³/mol. The fourth-order valence-electron chi connectivity index (χ4n) is 3.41. The van der Waals surface area contributed by atoms with Crippen molar-refractivity contribution in [1.82, 2.24) is 20.9 Å². The maximum Gasteiger partial charge on any atom is 0.407 e. The van der Waals surface area contributed by atoms with Gasteiger partial charge in [-0.3, -0.25) is 19.4 Å². The van der Waals surface area contributed by atoms with Crippen LogP contribution in [0.5, 0.6) is 0 Å². The summed E-state index contributed by atoms with van der Waals surface area (Å²) >= 11 is 0. The highest BCUT2D eigenvalue weighted by atomic mass is 16.5. The molecule has 1 aliphatic heterocycles. The fourth-order valence-corrected chi connectivity index (χ4v) is 3.41. The molecule has 0 saturated carbocycles. The van der Waals surface area contributed by atoms with E-state index in [0.29, 0.717) is 32.2 Å². The van der Waals surface area contributed by atoms with Gasteiger partial charge in [-0.2, -0.15) is 0 Å². The number of fused-ring (bicyclic) bond motifs is 2. The molecule has 9 heteroatoms. The summed E-state index contributed by atoms with van der Waals surface area (Å²) in [6.07, 6.45) is 4.95. The van der Waals surface area contributed by atoms with E-state index in [1.165, 1.54) is 0 Å². The average Bonchev–Trinajstić information content (AvgIpc) is 2.73. The molecule has 3 N–H and O–H groups in total. The summed E-state index contributed by atoms with van der Waals surface area (Å²) in [5.74, 6) is -2.21. The lowest BCUT2D eigenvalue weighted by molar-refractivity contribution is -0.140. The summed E-state index contributed by atoms with van der Waals surface area (Å²) in [6.45, 7) is 9.85. The molecule has 0 saturated heterocycles. The van der Waals surface area contributed by atoms with Crippen molar-refractivity contribution in [2.75, 3.05) is 13.2 Å². The third-order valence-electron chi connectivity index (χ3n) is 5.22. The third-order valence-corrected chi connectivity index (χ3v) is 5.22. The Kier molecular flexibility index (Phi) is 9.37. The van der Waals surface area contributed by atoms with E-state index in [1.807, 2.05) is 26.8 Å². The molecule has 0 spiro atoms. The van der Waals surface area contributed by atoms with Gasteiger partial charge in [0.05, 0.1) is 12.6 Å². The molecule has 9 nitrogen and oxygen atoms in total. The van der Waals surface area contributed by atoms with Crippen LogP contribution in [-0.4, -0.2) is 53.9 Å². The molecule has 0 aliphatic carbocycles. The van der Waals surface area contributed by atoms with Crippen molar-refractivity contribution in [3.8, 4) is 0 Å². The molecular weight excluding hydrogens is 424 g/mol. The minimum absolute atomic E-state index is 0.197. The van der Waals surface area contributed by atoms with Gasteiger partial charge in [-0.15, -0.1) is 0 Å². The highest BCUT2D eigenvalue weighted by Gasteiger charge is 2.32. The monoisotopic (exact) mass is 460 g/mol. The maximum absolute atomic E-state index is 13.0. The van der Waals surface area contributed by atoms with Gasteiger partial charge >= 0.3 is 6.09 Å². The summed E-state index contributed by atoms with van der Waals surface area (Å²) in [5, 5.41) is 7.89. The maximum atomic E-state index is 13.0. The second kappa shape index (κ2) is 11.8. The molecule has 2 rings (SSSR count). The van der Waals surface area contributed by atoms with Gasteiger partial charge in [0.1, 0.15) is 6.04 Å². The minimum atomic E-state index is -0.985. The number of aromatic nitrogens is 1. The zero-order chi connectivity index (χ0) is 24.6. The van der Waals surface area contributed by atoms with Gasteiger partial charge in [-0.05, 0) is 48.1 Å². The zero-order valence-electron chi connectivity index (χ0n) is 20.2. The zero-order valence-corrected chi connectivity index (χ0v) is 20.2. The molecule has 0 aromatic carbocycles. The lowest BCUT2D eigenvalue weighted by Crippen LogP contribution is -2.55. The van der Waals surface area contributed by atoms with Crippen LogP contribution in [0.15, 0.2) is 18.5 Å². The molecular formula is C24H36N4O5. The van der Waals surface area contributed by atoms with Gasteiger partial charge in [0.25, 0.3) is 5.91 Å². The molecule has 2 atom stereocenters. The summed E-state index contributed by atoms with van der Waals surface area (Å²) in [5.41, 5.74) is 1.82. The van der Waals surface area contributed by atoms with Gasteiger partial charge in [-0.1, -0.05) is 40.7 Å². The van der Waals surface area contributed by atoms with E-state index < -0.39 is 35.8 Å². The SMILES string of the molecule is CC(C)C(NC(=O)OCC(C)(C)C)C(=O)NC1CCCc2cncc(c2)CCNC(=O)C1=O. The van der Waals surface area contributed by atoms with Gasteiger partial charge in [0.2, 0.25) is 11.7 Å². The van der Waals surface area contributed by atoms with Crippen molar-refractivity contribution in [3.05, 3.63) is 29.6 Å². The van der Waals surface area contributed by atoms with E-state index in [0.717, 1.165) is 11.1 Å². The molecule has 0 fully saturated rings. The highest BCUT2D eigenvalue weighted by Crippen LogP contribution is 2.14. The summed E-state index contributed by atoms with van der Waals surface area (Å²) < 4.78 is 5.21. The van der Waals surface area contributed by atoms with E-state index in [1.54, 1.807) is 26.2 Å². The number of ketones is 1. The number of rotatable bonds is 5. The van der Waals surface area contributed by atoms with Crippen molar-refractivity contribution in [3.63, 3.8) is 0 Å². The Bertz CT molecular complexity index is 863. The standard InChI is InChI=1S/C24H36N4O5/c1-15(2)19(28-23(32)33-14-24(3,4)5)21(30)27-18-8-6-7-16-11-17(13-25-12-16)9-10-26-22(31)20(18)29/h11-13,15,18-19H,6-10,14H2,1-5H3,(H,26,31)(H,27,30)(H,28,32). The molecule has 182 valence electrons.